The number of amides is 1. The molecule has 1 heterocycles. The SMILES string of the molecule is C[C@]1(C(N)=O)CC(=O)c2c(ncn2-c2ccc(C#N)c(Cl)c2)C1. The van der Waals surface area contributed by atoms with Gasteiger partial charge in [0.15, 0.2) is 5.78 Å². The molecule has 1 aromatic heterocycles. The van der Waals surface area contributed by atoms with Crippen molar-refractivity contribution < 1.29 is 9.59 Å². The van der Waals surface area contributed by atoms with Crippen LogP contribution in [0.1, 0.15) is 35.1 Å². The van der Waals surface area contributed by atoms with Gasteiger partial charge >= 0.3 is 0 Å². The third-order valence-corrected chi connectivity index (χ3v) is 4.47. The molecule has 2 N–H and O–H groups in total. The number of nitriles is 1. The molecule has 1 aliphatic carbocycles. The third kappa shape index (κ3) is 2.39. The van der Waals surface area contributed by atoms with E-state index in [4.69, 9.17) is 22.6 Å². The Bertz CT molecular complexity index is 881. The van der Waals surface area contributed by atoms with E-state index >= 15 is 0 Å². The van der Waals surface area contributed by atoms with Crippen LogP contribution in [0.4, 0.5) is 0 Å². The van der Waals surface area contributed by atoms with E-state index in [1.165, 1.54) is 6.33 Å². The van der Waals surface area contributed by atoms with Gasteiger partial charge in [-0.15, -0.1) is 0 Å². The second kappa shape index (κ2) is 5.21. The van der Waals surface area contributed by atoms with Crippen molar-refractivity contribution in [2.75, 3.05) is 0 Å². The predicted molar refractivity (Wildman–Crippen MR) is 83.2 cm³/mol. The molecule has 1 aliphatic rings. The second-order valence-corrected chi connectivity index (χ2v) is 6.29. The Morgan fingerprint density at radius 1 is 1.48 bits per heavy atom. The van der Waals surface area contributed by atoms with Gasteiger partial charge in [-0.3, -0.25) is 14.2 Å². The lowest BCUT2D eigenvalue weighted by Crippen LogP contribution is -2.41. The van der Waals surface area contributed by atoms with Crippen LogP contribution >= 0.6 is 11.6 Å². The molecule has 0 aliphatic heterocycles. The number of nitrogens with zero attached hydrogens (tertiary/aromatic N) is 3. The van der Waals surface area contributed by atoms with Crippen LogP contribution in [0.3, 0.4) is 0 Å². The average Bonchev–Trinajstić information content (AvgIpc) is 2.90. The Morgan fingerprint density at radius 3 is 2.83 bits per heavy atom. The standard InChI is InChI=1S/C16H13ClN4O2/c1-16(15(19)23)5-12-14(13(22)6-16)21(8-20-12)10-3-2-9(7-18)11(17)4-10/h2-4,8H,5-6H2,1H3,(H2,19,23)/t16-/m1/s1. The Kier molecular flexibility index (Phi) is 3.46. The summed E-state index contributed by atoms with van der Waals surface area (Å²) in [6.07, 6.45) is 1.89. The zero-order valence-electron chi connectivity index (χ0n) is 12.3. The highest BCUT2D eigenvalue weighted by Gasteiger charge is 2.41. The van der Waals surface area contributed by atoms with E-state index in [1.807, 2.05) is 6.07 Å². The van der Waals surface area contributed by atoms with Crippen molar-refractivity contribution in [3.8, 4) is 11.8 Å². The normalized spacial score (nSPS) is 20.0. The number of hydrogen-bond donors (Lipinski definition) is 1. The molecule has 0 saturated heterocycles. The van der Waals surface area contributed by atoms with Crippen molar-refractivity contribution in [2.45, 2.75) is 19.8 Å². The van der Waals surface area contributed by atoms with Crippen LogP contribution in [0.25, 0.3) is 5.69 Å². The molecule has 0 unspecified atom stereocenters. The zero-order valence-corrected chi connectivity index (χ0v) is 13.1. The fourth-order valence-electron chi connectivity index (χ4n) is 2.79. The maximum absolute atomic E-state index is 12.5. The van der Waals surface area contributed by atoms with E-state index in [1.54, 1.807) is 29.7 Å². The van der Waals surface area contributed by atoms with Crippen LogP contribution in [0.15, 0.2) is 24.5 Å². The first-order chi connectivity index (χ1) is 10.9. The van der Waals surface area contributed by atoms with Gasteiger partial charge in [-0.1, -0.05) is 11.6 Å². The molecule has 1 amide bonds. The number of imidazole rings is 1. The van der Waals surface area contributed by atoms with Crippen LogP contribution in [-0.2, 0) is 11.2 Å². The number of aromatic nitrogens is 2. The molecular weight excluding hydrogens is 316 g/mol. The first kappa shape index (κ1) is 15.3. The van der Waals surface area contributed by atoms with Gasteiger partial charge in [0, 0.05) is 18.5 Å². The highest BCUT2D eigenvalue weighted by molar-refractivity contribution is 6.31. The largest absolute Gasteiger partial charge is 0.369 e. The Hall–Kier alpha value is -2.65. The fraction of sp³-hybridized carbons (Fsp3) is 0.250. The fourth-order valence-corrected chi connectivity index (χ4v) is 3.01. The molecule has 0 fully saturated rings. The molecule has 0 bridgehead atoms. The number of fused-ring (bicyclic) bond motifs is 1. The number of primary amides is 1. The lowest BCUT2D eigenvalue weighted by Gasteiger charge is -2.29. The van der Waals surface area contributed by atoms with Gasteiger partial charge in [-0.2, -0.15) is 5.26 Å². The predicted octanol–water partition coefficient (Wildman–Crippen LogP) is 2.02. The van der Waals surface area contributed by atoms with Gasteiger partial charge in [-0.25, -0.2) is 4.98 Å². The van der Waals surface area contributed by atoms with Crippen molar-refractivity contribution in [2.24, 2.45) is 11.1 Å². The number of nitrogens with two attached hydrogens (primary N) is 1. The summed E-state index contributed by atoms with van der Waals surface area (Å²) in [5, 5.41) is 9.24. The van der Waals surface area contributed by atoms with Gasteiger partial charge in [0.2, 0.25) is 5.91 Å². The van der Waals surface area contributed by atoms with Gasteiger partial charge < -0.3 is 5.73 Å². The van der Waals surface area contributed by atoms with Crippen LogP contribution in [0.2, 0.25) is 5.02 Å². The van der Waals surface area contributed by atoms with E-state index in [2.05, 4.69) is 4.98 Å². The summed E-state index contributed by atoms with van der Waals surface area (Å²) < 4.78 is 1.63. The smallest absolute Gasteiger partial charge is 0.224 e. The molecule has 6 nitrogen and oxygen atoms in total. The summed E-state index contributed by atoms with van der Waals surface area (Å²) in [5.41, 5.74) is 6.48. The number of hydrogen-bond acceptors (Lipinski definition) is 4. The molecule has 1 aromatic carbocycles. The van der Waals surface area contributed by atoms with E-state index in [-0.39, 0.29) is 12.2 Å². The Morgan fingerprint density at radius 2 is 2.22 bits per heavy atom. The lowest BCUT2D eigenvalue weighted by atomic mass is 9.75. The lowest BCUT2D eigenvalue weighted by molar-refractivity contribution is -0.126. The maximum Gasteiger partial charge on any atom is 0.224 e. The molecule has 0 saturated carbocycles. The number of Topliss-reactive ketones (excluding diaryl/α,β-unsaturated/α-hetero) is 1. The van der Waals surface area contributed by atoms with E-state index < -0.39 is 11.3 Å². The van der Waals surface area contributed by atoms with Gasteiger partial charge in [0.25, 0.3) is 0 Å². The van der Waals surface area contributed by atoms with Gasteiger partial charge in [0.05, 0.1) is 21.7 Å². The topological polar surface area (TPSA) is 102 Å². The van der Waals surface area contributed by atoms with Crippen LogP contribution < -0.4 is 5.73 Å². The number of carbonyl (C=O) groups excluding carboxylic acids is 2. The second-order valence-electron chi connectivity index (χ2n) is 5.89. The number of carbonyl (C=O) groups is 2. The molecule has 2 aromatic rings. The maximum atomic E-state index is 12.5. The van der Waals surface area contributed by atoms with Crippen molar-refractivity contribution in [1.29, 1.82) is 5.26 Å². The van der Waals surface area contributed by atoms with E-state index in [9.17, 15) is 9.59 Å². The first-order valence-corrected chi connectivity index (χ1v) is 7.33. The van der Waals surface area contributed by atoms with Gasteiger partial charge in [0.1, 0.15) is 18.1 Å². The summed E-state index contributed by atoms with van der Waals surface area (Å²) in [5.74, 6) is -0.696. The highest BCUT2D eigenvalue weighted by Crippen LogP contribution is 2.35. The van der Waals surface area contributed by atoms with Crippen molar-refractivity contribution in [1.82, 2.24) is 9.55 Å². The quantitative estimate of drug-likeness (QED) is 0.910. The average molecular weight is 329 g/mol. The number of rotatable bonds is 2. The minimum Gasteiger partial charge on any atom is -0.369 e. The number of halogens is 1. The van der Waals surface area contributed by atoms with Crippen molar-refractivity contribution in [3.63, 3.8) is 0 Å². The summed E-state index contributed by atoms with van der Waals surface area (Å²) in [4.78, 5) is 28.4. The minimum absolute atomic E-state index is 0.0467. The number of ketones is 1. The molecule has 0 radical (unpaired) electrons. The Labute approximate surface area is 137 Å². The summed E-state index contributed by atoms with van der Waals surface area (Å²) in [6, 6.07) is 6.88. The monoisotopic (exact) mass is 328 g/mol. The summed E-state index contributed by atoms with van der Waals surface area (Å²) in [7, 11) is 0. The molecule has 7 heteroatoms. The van der Waals surface area contributed by atoms with E-state index in [0.29, 0.717) is 34.1 Å². The minimum atomic E-state index is -0.911. The molecular formula is C16H13ClN4O2. The van der Waals surface area contributed by atoms with Crippen molar-refractivity contribution >= 4 is 23.3 Å². The summed E-state index contributed by atoms with van der Waals surface area (Å²) in [6.45, 7) is 1.67. The van der Waals surface area contributed by atoms with Crippen molar-refractivity contribution in [3.05, 3.63) is 46.5 Å². The number of benzene rings is 1. The molecule has 3 rings (SSSR count). The zero-order chi connectivity index (χ0) is 16.8. The van der Waals surface area contributed by atoms with Crippen LogP contribution in [0, 0.1) is 16.7 Å². The van der Waals surface area contributed by atoms with Crippen LogP contribution in [0.5, 0.6) is 0 Å². The third-order valence-electron chi connectivity index (χ3n) is 4.16. The summed E-state index contributed by atoms with van der Waals surface area (Å²) >= 11 is 6.05. The van der Waals surface area contributed by atoms with E-state index in [0.717, 1.165) is 0 Å². The molecule has 116 valence electrons. The molecule has 23 heavy (non-hydrogen) atoms. The first-order valence-electron chi connectivity index (χ1n) is 6.95. The Balaban J connectivity index is 2.08. The molecule has 0 spiro atoms. The highest BCUT2D eigenvalue weighted by atomic mass is 35.5. The van der Waals surface area contributed by atoms with Crippen LogP contribution in [-0.4, -0.2) is 21.2 Å². The molecule has 1 atom stereocenters. The van der Waals surface area contributed by atoms with Gasteiger partial charge in [-0.05, 0) is 25.1 Å².